The van der Waals surface area contributed by atoms with Gasteiger partial charge in [0.05, 0.1) is 42.6 Å². The van der Waals surface area contributed by atoms with Gasteiger partial charge in [-0.05, 0) is 93.6 Å². The molecule has 5 aromatic rings. The van der Waals surface area contributed by atoms with Gasteiger partial charge in [0.15, 0.2) is 17.5 Å². The lowest BCUT2D eigenvalue weighted by atomic mass is 10.0. The normalized spacial score (nSPS) is 16.8. The van der Waals surface area contributed by atoms with Gasteiger partial charge in [0.2, 0.25) is 0 Å². The number of anilines is 2. The van der Waals surface area contributed by atoms with Gasteiger partial charge in [-0.25, -0.2) is 18.6 Å². The number of ether oxygens (including phenoxy) is 3. The Labute approximate surface area is 322 Å². The third kappa shape index (κ3) is 7.80. The van der Waals surface area contributed by atoms with E-state index in [1.807, 2.05) is 74.2 Å². The second-order valence-electron chi connectivity index (χ2n) is 15.0. The van der Waals surface area contributed by atoms with E-state index < -0.39 is 29.4 Å². The zero-order valence-electron chi connectivity index (χ0n) is 31.5. The van der Waals surface area contributed by atoms with Gasteiger partial charge in [0, 0.05) is 31.6 Å². The van der Waals surface area contributed by atoms with Crippen molar-refractivity contribution in [3.8, 4) is 22.8 Å². The molecule has 0 N–H and O–H groups in total. The standard InChI is InChI=1S/C41H42ClF3N6O4/c1-23-17-32(46-38(34(23)43)49(19-24-7-13-28(53-5)14-8-24)20-25-9-15-29(54-6)16-10-25)33-31(42)18-30-36(35(33)44)47-39(45)48-37(30)50-21-26-11-12-27(22-50)51(26)40(52)55-41(2,3)4/h7-10,13-18,26-27H,11-12,19-22H2,1-6H3. The zero-order valence-corrected chi connectivity index (χ0v) is 32.3. The Hall–Kier alpha value is -5.30. The molecule has 2 saturated heterocycles. The monoisotopic (exact) mass is 774 g/mol. The van der Waals surface area contributed by atoms with Crippen LogP contribution in [0.5, 0.6) is 11.5 Å². The number of carbonyl (C=O) groups excluding carboxylic acids is 1. The fourth-order valence-electron chi connectivity index (χ4n) is 7.40. The Morgan fingerprint density at radius 2 is 1.42 bits per heavy atom. The van der Waals surface area contributed by atoms with Gasteiger partial charge in [-0.15, -0.1) is 0 Å². The first kappa shape index (κ1) is 38.0. The first-order valence-corrected chi connectivity index (χ1v) is 18.4. The third-order valence-electron chi connectivity index (χ3n) is 9.96. The summed E-state index contributed by atoms with van der Waals surface area (Å²) in [7, 11) is 3.16. The molecular weight excluding hydrogens is 733 g/mol. The molecule has 0 spiro atoms. The predicted molar refractivity (Wildman–Crippen MR) is 205 cm³/mol. The van der Waals surface area contributed by atoms with Crippen LogP contribution in [0, 0.1) is 24.6 Å². The summed E-state index contributed by atoms with van der Waals surface area (Å²) in [4.78, 5) is 31.1. The highest BCUT2D eigenvalue weighted by molar-refractivity contribution is 6.34. The number of hydrogen-bond acceptors (Lipinski definition) is 9. The molecule has 2 atom stereocenters. The lowest BCUT2D eigenvalue weighted by molar-refractivity contribution is 0.0122. The van der Waals surface area contributed by atoms with Crippen LogP contribution in [0.1, 0.15) is 50.3 Å². The van der Waals surface area contributed by atoms with Crippen molar-refractivity contribution < 1.29 is 32.2 Å². The molecule has 0 saturated carbocycles. The average Bonchev–Trinajstić information content (AvgIpc) is 3.42. The predicted octanol–water partition coefficient (Wildman–Crippen LogP) is 8.88. The van der Waals surface area contributed by atoms with Gasteiger partial charge < -0.3 is 24.0 Å². The molecule has 4 heterocycles. The Bertz CT molecular complexity index is 2170. The summed E-state index contributed by atoms with van der Waals surface area (Å²) < 4.78 is 64.6. The largest absolute Gasteiger partial charge is 0.497 e. The van der Waals surface area contributed by atoms with Gasteiger partial charge in [-0.3, -0.25) is 4.90 Å². The molecule has 3 aromatic carbocycles. The number of hydrogen-bond donors (Lipinski definition) is 0. The topological polar surface area (TPSA) is 93.2 Å². The summed E-state index contributed by atoms with van der Waals surface area (Å²) in [6, 6.07) is 17.3. The number of nitrogens with zero attached hydrogens (tertiary/aromatic N) is 6. The highest BCUT2D eigenvalue weighted by atomic mass is 35.5. The molecule has 2 bridgehead atoms. The Morgan fingerprint density at radius 1 is 0.855 bits per heavy atom. The number of aryl methyl sites for hydroxylation is 1. The molecule has 7 rings (SSSR count). The van der Waals surface area contributed by atoms with E-state index in [-0.39, 0.29) is 69.6 Å². The van der Waals surface area contributed by atoms with Crippen LogP contribution < -0.4 is 19.3 Å². The van der Waals surface area contributed by atoms with E-state index in [1.54, 1.807) is 30.9 Å². The van der Waals surface area contributed by atoms with Crippen molar-refractivity contribution in [3.63, 3.8) is 0 Å². The van der Waals surface area contributed by atoms with Crippen molar-refractivity contribution in [2.45, 2.75) is 71.3 Å². The first-order valence-electron chi connectivity index (χ1n) is 18.0. The van der Waals surface area contributed by atoms with Gasteiger partial charge >= 0.3 is 12.2 Å². The van der Waals surface area contributed by atoms with Crippen LogP contribution in [0.25, 0.3) is 22.2 Å². The molecule has 2 aromatic heterocycles. The van der Waals surface area contributed by atoms with Crippen molar-refractivity contribution in [1.82, 2.24) is 19.9 Å². The molecule has 2 aliphatic heterocycles. The molecule has 288 valence electrons. The molecule has 10 nitrogen and oxygen atoms in total. The first-order chi connectivity index (χ1) is 26.2. The second-order valence-corrected chi connectivity index (χ2v) is 15.4. The number of halogens is 4. The van der Waals surface area contributed by atoms with Crippen LogP contribution in [-0.2, 0) is 17.8 Å². The van der Waals surface area contributed by atoms with E-state index in [1.165, 1.54) is 12.1 Å². The molecule has 14 heteroatoms. The van der Waals surface area contributed by atoms with Gasteiger partial charge in [0.25, 0.3) is 0 Å². The quantitative estimate of drug-likeness (QED) is 0.136. The lowest BCUT2D eigenvalue weighted by Gasteiger charge is -2.42. The fourth-order valence-corrected chi connectivity index (χ4v) is 7.69. The summed E-state index contributed by atoms with van der Waals surface area (Å²) in [5, 5.41) is 0.176. The van der Waals surface area contributed by atoms with Crippen molar-refractivity contribution in [3.05, 3.63) is 100 Å². The van der Waals surface area contributed by atoms with E-state index in [4.69, 9.17) is 25.8 Å². The van der Waals surface area contributed by atoms with Crippen LogP contribution in [0.15, 0.2) is 60.7 Å². The number of benzene rings is 3. The van der Waals surface area contributed by atoms with E-state index in [0.717, 1.165) is 24.0 Å². The van der Waals surface area contributed by atoms with Gasteiger partial charge in [-0.1, -0.05) is 35.9 Å². The third-order valence-corrected chi connectivity index (χ3v) is 10.3. The molecule has 2 aliphatic rings. The van der Waals surface area contributed by atoms with Crippen LogP contribution >= 0.6 is 11.6 Å². The highest BCUT2D eigenvalue weighted by Crippen LogP contribution is 2.41. The summed E-state index contributed by atoms with van der Waals surface area (Å²) >= 11 is 6.88. The molecule has 2 fully saturated rings. The number of amides is 1. The molecule has 2 unspecified atom stereocenters. The second kappa shape index (κ2) is 15.1. The Balaban J connectivity index is 1.27. The summed E-state index contributed by atoms with van der Waals surface area (Å²) in [5.41, 5.74) is 0.876. The number of methoxy groups -OCH3 is 2. The Morgan fingerprint density at radius 3 is 1.95 bits per heavy atom. The molecule has 55 heavy (non-hydrogen) atoms. The van der Waals surface area contributed by atoms with Crippen LogP contribution in [0.3, 0.4) is 0 Å². The van der Waals surface area contributed by atoms with E-state index in [0.29, 0.717) is 24.6 Å². The summed E-state index contributed by atoms with van der Waals surface area (Å²) in [6.07, 6.45) is -0.0514. The SMILES string of the molecule is COc1ccc(CN(Cc2ccc(OC)cc2)c2nc(-c3c(Cl)cc4c(N5CC6CCC(C5)N6C(=O)OC(C)(C)C)nc(F)nc4c3F)cc(C)c2F)cc1. The zero-order chi connectivity index (χ0) is 39.2. The number of fused-ring (bicyclic) bond motifs is 3. The number of piperazine rings is 1. The number of aromatic nitrogens is 3. The minimum Gasteiger partial charge on any atom is -0.497 e. The van der Waals surface area contributed by atoms with Gasteiger partial charge in [0.1, 0.15) is 28.4 Å². The maximum absolute atomic E-state index is 16.8. The molecule has 1 amide bonds. The molecule has 0 aliphatic carbocycles. The highest BCUT2D eigenvalue weighted by Gasteiger charge is 2.45. The Kier molecular flexibility index (Phi) is 10.4. The van der Waals surface area contributed by atoms with Crippen LogP contribution in [0.4, 0.5) is 29.6 Å². The van der Waals surface area contributed by atoms with Gasteiger partial charge in [-0.2, -0.15) is 14.4 Å². The number of rotatable bonds is 9. The van der Waals surface area contributed by atoms with Crippen molar-refractivity contribution in [2.75, 3.05) is 37.1 Å². The molecular formula is C41H42ClF3N6O4. The fraction of sp³-hybridized carbons (Fsp3) is 0.366. The number of carbonyl (C=O) groups is 1. The molecule has 0 radical (unpaired) electrons. The van der Waals surface area contributed by atoms with Crippen molar-refractivity contribution >= 4 is 40.2 Å². The minimum atomic E-state index is -1.12. The maximum Gasteiger partial charge on any atom is 0.410 e. The van der Waals surface area contributed by atoms with Crippen molar-refractivity contribution in [1.29, 1.82) is 0 Å². The minimum absolute atomic E-state index is 0.0231. The smallest absolute Gasteiger partial charge is 0.410 e. The van der Waals surface area contributed by atoms with Crippen LogP contribution in [0.2, 0.25) is 5.02 Å². The van der Waals surface area contributed by atoms with E-state index in [9.17, 15) is 4.79 Å². The summed E-state index contributed by atoms with van der Waals surface area (Å²) in [5.74, 6) is -0.00362. The average molecular weight is 775 g/mol. The maximum atomic E-state index is 16.8. The van der Waals surface area contributed by atoms with Crippen molar-refractivity contribution in [2.24, 2.45) is 0 Å². The summed E-state index contributed by atoms with van der Waals surface area (Å²) in [6.45, 7) is 8.19. The van der Waals surface area contributed by atoms with E-state index >= 15 is 13.2 Å². The number of pyridine rings is 1. The van der Waals surface area contributed by atoms with E-state index in [2.05, 4.69) is 15.0 Å². The lowest BCUT2D eigenvalue weighted by Crippen LogP contribution is -2.57. The van der Waals surface area contributed by atoms with Crippen LogP contribution in [-0.4, -0.2) is 70.9 Å².